The molecule has 0 fully saturated rings. The minimum atomic E-state index is -0.315. The number of nitrogen functional groups attached to an aromatic ring is 1. The third kappa shape index (κ3) is 3.62. The lowest BCUT2D eigenvalue weighted by atomic mass is 10.1. The number of benzene rings is 3. The molecule has 0 atom stereocenters. The molecule has 0 radical (unpaired) electrons. The monoisotopic (exact) mass is 346 g/mol. The molecule has 3 aromatic rings. The first kappa shape index (κ1) is 17.0. The van der Waals surface area contributed by atoms with Gasteiger partial charge in [0, 0.05) is 11.3 Å². The predicted octanol–water partition coefficient (Wildman–Crippen LogP) is 2.28. The second-order valence-corrected chi connectivity index (χ2v) is 5.70. The molecule has 8 N–H and O–H groups in total. The molecule has 3 rings (SSSR count). The Morgan fingerprint density at radius 3 is 2.35 bits per heavy atom. The molecule has 0 spiro atoms. The average Bonchev–Trinajstić information content (AvgIpc) is 2.61. The summed E-state index contributed by atoms with van der Waals surface area (Å²) in [7, 11) is 0. The Morgan fingerprint density at radius 1 is 0.923 bits per heavy atom. The Kier molecular flexibility index (Phi) is 4.53. The van der Waals surface area contributed by atoms with Crippen LogP contribution in [0.1, 0.15) is 15.9 Å². The van der Waals surface area contributed by atoms with Gasteiger partial charge in [-0.15, -0.1) is 0 Å². The lowest BCUT2D eigenvalue weighted by molar-refractivity contribution is 0.102. The van der Waals surface area contributed by atoms with Gasteiger partial charge in [0.15, 0.2) is 5.96 Å². The molecule has 7 heteroatoms. The fourth-order valence-corrected chi connectivity index (χ4v) is 2.59. The number of nitrogens with one attached hydrogen (secondary N) is 2. The number of nitrogens with two attached hydrogens (primary N) is 3. The highest BCUT2D eigenvalue weighted by molar-refractivity contribution is 6.09. The third-order valence-electron chi connectivity index (χ3n) is 3.81. The summed E-state index contributed by atoms with van der Waals surface area (Å²) < 4.78 is 0. The van der Waals surface area contributed by atoms with Crippen molar-refractivity contribution in [3.8, 4) is 0 Å². The van der Waals surface area contributed by atoms with E-state index in [1.54, 1.807) is 36.4 Å². The highest BCUT2D eigenvalue weighted by atomic mass is 16.1. The number of nitrogens with zero attached hydrogens (tertiary/aromatic N) is 1. The zero-order chi connectivity index (χ0) is 18.7. The quantitative estimate of drug-likeness (QED) is 0.364. The molecule has 0 saturated heterocycles. The number of amides is 1. The molecule has 7 nitrogen and oxygen atoms in total. The van der Waals surface area contributed by atoms with Gasteiger partial charge < -0.3 is 22.5 Å². The summed E-state index contributed by atoms with van der Waals surface area (Å²) in [6, 6.07) is 17.8. The number of carbonyl (C=O) groups excluding carboxylic acids is 1. The summed E-state index contributed by atoms with van der Waals surface area (Å²) in [5.41, 5.74) is 18.4. The van der Waals surface area contributed by atoms with Crippen molar-refractivity contribution in [1.29, 1.82) is 5.41 Å². The van der Waals surface area contributed by atoms with E-state index in [0.717, 1.165) is 10.8 Å². The summed E-state index contributed by atoms with van der Waals surface area (Å²) in [6.45, 7) is 0. The van der Waals surface area contributed by atoms with Crippen molar-refractivity contribution in [2.75, 3.05) is 5.32 Å². The van der Waals surface area contributed by atoms with E-state index in [9.17, 15) is 4.79 Å². The van der Waals surface area contributed by atoms with Crippen molar-refractivity contribution in [2.45, 2.75) is 0 Å². The number of rotatable bonds is 4. The van der Waals surface area contributed by atoms with E-state index >= 15 is 0 Å². The van der Waals surface area contributed by atoms with Gasteiger partial charge in [-0.3, -0.25) is 10.2 Å². The number of fused-ring (bicyclic) bond motifs is 1. The largest absolute Gasteiger partial charge is 0.384 e. The SMILES string of the molecule is N=C(N)c1ccc2cc(NC(=O)c3ccccc3N=C(N)N)ccc2c1. The van der Waals surface area contributed by atoms with E-state index in [1.165, 1.54) is 0 Å². The molecule has 130 valence electrons. The maximum absolute atomic E-state index is 12.6. The van der Waals surface area contributed by atoms with Gasteiger partial charge >= 0.3 is 0 Å². The van der Waals surface area contributed by atoms with E-state index in [2.05, 4.69) is 10.3 Å². The van der Waals surface area contributed by atoms with Crippen molar-refractivity contribution in [3.05, 3.63) is 71.8 Å². The molecule has 0 unspecified atom stereocenters. The normalized spacial score (nSPS) is 10.3. The smallest absolute Gasteiger partial charge is 0.257 e. The van der Waals surface area contributed by atoms with Crippen LogP contribution in [0, 0.1) is 5.41 Å². The number of para-hydroxylation sites is 1. The fourth-order valence-electron chi connectivity index (χ4n) is 2.59. The summed E-state index contributed by atoms with van der Waals surface area (Å²) in [4.78, 5) is 16.6. The molecule has 0 saturated carbocycles. The van der Waals surface area contributed by atoms with Crippen molar-refractivity contribution >= 4 is 39.8 Å². The van der Waals surface area contributed by atoms with Gasteiger partial charge in [-0.1, -0.05) is 30.3 Å². The number of hydrogen-bond donors (Lipinski definition) is 5. The summed E-state index contributed by atoms with van der Waals surface area (Å²) in [6.07, 6.45) is 0. The number of carbonyl (C=O) groups is 1. The highest BCUT2D eigenvalue weighted by Crippen LogP contribution is 2.23. The molecular weight excluding hydrogens is 328 g/mol. The minimum Gasteiger partial charge on any atom is -0.384 e. The van der Waals surface area contributed by atoms with Crippen molar-refractivity contribution in [3.63, 3.8) is 0 Å². The van der Waals surface area contributed by atoms with Gasteiger partial charge in [0.25, 0.3) is 5.91 Å². The van der Waals surface area contributed by atoms with Crippen LogP contribution >= 0.6 is 0 Å². The van der Waals surface area contributed by atoms with E-state index in [-0.39, 0.29) is 17.7 Å². The standard InChI is InChI=1S/C19H18N6O/c20-17(21)13-6-5-12-10-14(8-7-11(12)9-13)24-18(26)15-3-1-2-4-16(15)25-19(22)23/h1-10H,(H3,20,21)(H,24,26)(H4,22,23,25). The van der Waals surface area contributed by atoms with E-state index in [0.29, 0.717) is 22.5 Å². The lowest BCUT2D eigenvalue weighted by Crippen LogP contribution is -2.22. The number of hydrogen-bond acceptors (Lipinski definition) is 3. The van der Waals surface area contributed by atoms with Crippen molar-refractivity contribution < 1.29 is 4.79 Å². The highest BCUT2D eigenvalue weighted by Gasteiger charge is 2.11. The zero-order valence-electron chi connectivity index (χ0n) is 13.9. The van der Waals surface area contributed by atoms with Crippen LogP contribution in [0.5, 0.6) is 0 Å². The van der Waals surface area contributed by atoms with Crippen molar-refractivity contribution in [1.82, 2.24) is 0 Å². The van der Waals surface area contributed by atoms with Crippen molar-refractivity contribution in [2.24, 2.45) is 22.2 Å². The molecule has 0 aromatic heterocycles. The minimum absolute atomic E-state index is 0.0145. The molecule has 0 bridgehead atoms. The van der Waals surface area contributed by atoms with Crippen LogP contribution < -0.4 is 22.5 Å². The van der Waals surface area contributed by atoms with E-state index in [4.69, 9.17) is 22.6 Å². The molecule has 26 heavy (non-hydrogen) atoms. The second-order valence-electron chi connectivity index (χ2n) is 5.70. The lowest BCUT2D eigenvalue weighted by Gasteiger charge is -2.09. The Balaban J connectivity index is 1.89. The second kappa shape index (κ2) is 6.94. The first-order chi connectivity index (χ1) is 12.4. The maximum atomic E-state index is 12.6. The molecule has 0 heterocycles. The fraction of sp³-hybridized carbons (Fsp3) is 0. The Bertz CT molecular complexity index is 1040. The van der Waals surface area contributed by atoms with Crippen LogP contribution in [0.2, 0.25) is 0 Å². The number of guanidine groups is 1. The van der Waals surface area contributed by atoms with Gasteiger partial charge in [-0.25, -0.2) is 4.99 Å². The van der Waals surface area contributed by atoms with Crippen LogP contribution in [-0.4, -0.2) is 17.7 Å². The van der Waals surface area contributed by atoms with Crippen LogP contribution in [0.15, 0.2) is 65.7 Å². The topological polar surface area (TPSA) is 143 Å². The van der Waals surface area contributed by atoms with Gasteiger partial charge in [0.2, 0.25) is 0 Å². The maximum Gasteiger partial charge on any atom is 0.257 e. The van der Waals surface area contributed by atoms with Gasteiger partial charge in [-0.05, 0) is 41.1 Å². The summed E-state index contributed by atoms with van der Waals surface area (Å²) in [5.74, 6) is -0.414. The Morgan fingerprint density at radius 2 is 1.62 bits per heavy atom. The summed E-state index contributed by atoms with van der Waals surface area (Å²) in [5, 5.41) is 12.2. The first-order valence-corrected chi connectivity index (χ1v) is 7.82. The molecule has 0 aliphatic heterocycles. The van der Waals surface area contributed by atoms with Crippen LogP contribution in [-0.2, 0) is 0 Å². The molecule has 3 aromatic carbocycles. The number of aliphatic imine (C=N–C) groups is 1. The van der Waals surface area contributed by atoms with Crippen LogP contribution in [0.25, 0.3) is 10.8 Å². The van der Waals surface area contributed by atoms with Crippen LogP contribution in [0.4, 0.5) is 11.4 Å². The third-order valence-corrected chi connectivity index (χ3v) is 3.81. The Labute approximate surface area is 150 Å². The molecule has 1 amide bonds. The zero-order valence-corrected chi connectivity index (χ0v) is 13.9. The number of amidine groups is 1. The average molecular weight is 346 g/mol. The predicted molar refractivity (Wildman–Crippen MR) is 105 cm³/mol. The van der Waals surface area contributed by atoms with Crippen LogP contribution in [0.3, 0.4) is 0 Å². The molecular formula is C19H18N6O. The van der Waals surface area contributed by atoms with E-state index in [1.807, 2.05) is 24.3 Å². The molecule has 0 aliphatic carbocycles. The Hall–Kier alpha value is -3.87. The van der Waals surface area contributed by atoms with Gasteiger partial charge in [-0.2, -0.15) is 0 Å². The van der Waals surface area contributed by atoms with E-state index < -0.39 is 0 Å². The summed E-state index contributed by atoms with van der Waals surface area (Å²) >= 11 is 0. The van der Waals surface area contributed by atoms with Gasteiger partial charge in [0.1, 0.15) is 5.84 Å². The first-order valence-electron chi connectivity index (χ1n) is 7.82. The van der Waals surface area contributed by atoms with Gasteiger partial charge in [0.05, 0.1) is 11.3 Å². The number of anilines is 1. The molecule has 0 aliphatic rings.